The molecule has 0 spiro atoms. The molecule has 0 radical (unpaired) electrons. The van der Waals surface area contributed by atoms with E-state index in [2.05, 4.69) is 34.5 Å². The fraction of sp³-hybridized carbons (Fsp3) is 0.381. The number of ether oxygens (including phenoxy) is 1. The Bertz CT molecular complexity index is 825. The number of hydrogen-bond donors (Lipinski definition) is 3. The number of amides is 2. The van der Waals surface area contributed by atoms with Gasteiger partial charge in [0.05, 0.1) is 6.04 Å². The first kappa shape index (κ1) is 17.8. The van der Waals surface area contributed by atoms with Crippen molar-refractivity contribution in [2.75, 3.05) is 18.4 Å². The zero-order valence-corrected chi connectivity index (χ0v) is 15.3. The summed E-state index contributed by atoms with van der Waals surface area (Å²) in [6.07, 6.45) is 3.11. The summed E-state index contributed by atoms with van der Waals surface area (Å²) in [5.41, 5.74) is 14.6. The van der Waals surface area contributed by atoms with Crippen LogP contribution in [-0.4, -0.2) is 36.1 Å². The number of rotatable bonds is 4. The monoisotopic (exact) mass is 366 g/mol. The van der Waals surface area contributed by atoms with E-state index in [1.807, 2.05) is 18.2 Å². The van der Waals surface area contributed by atoms with Crippen LogP contribution in [0, 0.1) is 0 Å². The van der Waals surface area contributed by atoms with Crippen molar-refractivity contribution in [2.45, 2.75) is 37.5 Å². The Morgan fingerprint density at radius 3 is 2.85 bits per heavy atom. The molecule has 6 nitrogen and oxygen atoms in total. The van der Waals surface area contributed by atoms with Crippen molar-refractivity contribution >= 4 is 11.7 Å². The van der Waals surface area contributed by atoms with Gasteiger partial charge in [0.2, 0.25) is 0 Å². The first-order chi connectivity index (χ1) is 13.1. The van der Waals surface area contributed by atoms with Gasteiger partial charge in [-0.3, -0.25) is 4.90 Å². The Balaban J connectivity index is 1.60. The smallest absolute Gasteiger partial charge is 0.316 e. The molecule has 2 amide bonds. The lowest BCUT2D eigenvalue weighted by Gasteiger charge is -2.38. The molecule has 0 aromatic heterocycles. The summed E-state index contributed by atoms with van der Waals surface area (Å²) in [6.45, 7) is 1.96. The maximum Gasteiger partial charge on any atom is 0.316 e. The Morgan fingerprint density at radius 1 is 1.19 bits per heavy atom. The predicted molar refractivity (Wildman–Crippen MR) is 106 cm³/mol. The molecular weight excluding hydrogens is 340 g/mol. The molecule has 3 atom stereocenters. The van der Waals surface area contributed by atoms with E-state index in [-0.39, 0.29) is 18.2 Å². The lowest BCUT2D eigenvalue weighted by Crippen LogP contribution is -2.49. The van der Waals surface area contributed by atoms with E-state index in [0.29, 0.717) is 11.4 Å². The number of nitrogens with two attached hydrogens (primary N) is 2. The van der Waals surface area contributed by atoms with Gasteiger partial charge in [0.1, 0.15) is 11.9 Å². The molecule has 0 unspecified atom stereocenters. The van der Waals surface area contributed by atoms with Gasteiger partial charge in [-0.05, 0) is 49.1 Å². The van der Waals surface area contributed by atoms with Crippen molar-refractivity contribution in [1.82, 2.24) is 4.90 Å². The number of anilines is 1. The maximum absolute atomic E-state index is 11.1. The van der Waals surface area contributed by atoms with Crippen LogP contribution in [0.5, 0.6) is 5.75 Å². The van der Waals surface area contributed by atoms with Crippen LogP contribution in [-0.2, 0) is 6.42 Å². The van der Waals surface area contributed by atoms with Gasteiger partial charge >= 0.3 is 6.03 Å². The van der Waals surface area contributed by atoms with Gasteiger partial charge in [0.25, 0.3) is 0 Å². The van der Waals surface area contributed by atoms with E-state index < -0.39 is 6.03 Å². The van der Waals surface area contributed by atoms with Crippen molar-refractivity contribution in [3.63, 3.8) is 0 Å². The molecule has 27 heavy (non-hydrogen) atoms. The number of hydrogen-bond acceptors (Lipinski definition) is 4. The molecule has 4 rings (SSSR count). The fourth-order valence-electron chi connectivity index (χ4n) is 4.28. The van der Waals surface area contributed by atoms with Crippen LogP contribution in [0.2, 0.25) is 0 Å². The van der Waals surface area contributed by atoms with Crippen molar-refractivity contribution in [3.8, 4) is 5.75 Å². The first-order valence-corrected chi connectivity index (χ1v) is 9.51. The number of likely N-dealkylation sites (tertiary alicyclic amines) is 1. The maximum atomic E-state index is 11.1. The third-order valence-electron chi connectivity index (χ3n) is 5.46. The summed E-state index contributed by atoms with van der Waals surface area (Å²) in [4.78, 5) is 13.6. The zero-order chi connectivity index (χ0) is 18.8. The number of carbonyl (C=O) groups excluding carboxylic acids is 1. The van der Waals surface area contributed by atoms with Gasteiger partial charge in [-0.25, -0.2) is 4.79 Å². The fourth-order valence-corrected chi connectivity index (χ4v) is 4.28. The van der Waals surface area contributed by atoms with E-state index in [9.17, 15) is 4.79 Å². The van der Waals surface area contributed by atoms with E-state index in [4.69, 9.17) is 16.2 Å². The number of nitrogens with one attached hydrogen (secondary N) is 1. The summed E-state index contributed by atoms with van der Waals surface area (Å²) in [6, 6.07) is 15.7. The third kappa shape index (κ3) is 3.91. The number of fused-ring (bicyclic) bond motifs is 1. The van der Waals surface area contributed by atoms with Crippen molar-refractivity contribution < 1.29 is 9.53 Å². The summed E-state index contributed by atoms with van der Waals surface area (Å²) < 4.78 is 6.45. The molecule has 2 aromatic rings. The Morgan fingerprint density at radius 2 is 2.04 bits per heavy atom. The molecule has 2 aromatic carbocycles. The normalized spacial score (nSPS) is 25.0. The summed E-state index contributed by atoms with van der Waals surface area (Å²) >= 11 is 0. The highest BCUT2D eigenvalue weighted by Crippen LogP contribution is 2.39. The van der Waals surface area contributed by atoms with Crippen molar-refractivity contribution in [2.24, 2.45) is 11.5 Å². The van der Waals surface area contributed by atoms with E-state index in [1.54, 1.807) is 6.07 Å². The quantitative estimate of drug-likeness (QED) is 0.775. The Hall–Kier alpha value is -2.57. The highest BCUT2D eigenvalue weighted by atomic mass is 16.5. The molecular formula is C21H26N4O2. The molecule has 0 bridgehead atoms. The summed E-state index contributed by atoms with van der Waals surface area (Å²) in [5, 5.41) is 2.60. The zero-order valence-electron chi connectivity index (χ0n) is 15.3. The minimum absolute atomic E-state index is 0.0599. The van der Waals surface area contributed by atoms with Crippen LogP contribution in [0.15, 0.2) is 48.5 Å². The minimum Gasteiger partial charge on any atom is -0.484 e. The molecule has 5 N–H and O–H groups in total. The van der Waals surface area contributed by atoms with Gasteiger partial charge in [-0.1, -0.05) is 30.3 Å². The van der Waals surface area contributed by atoms with Crippen LogP contribution in [0.1, 0.15) is 30.1 Å². The van der Waals surface area contributed by atoms with Gasteiger partial charge in [-0.2, -0.15) is 0 Å². The predicted octanol–water partition coefficient (Wildman–Crippen LogP) is 2.65. The first-order valence-electron chi connectivity index (χ1n) is 9.51. The van der Waals surface area contributed by atoms with Gasteiger partial charge in [-0.15, -0.1) is 0 Å². The summed E-state index contributed by atoms with van der Waals surface area (Å²) in [5.74, 6) is 0.717. The topological polar surface area (TPSA) is 93.6 Å². The number of nitrogens with zero attached hydrogens (tertiary/aromatic N) is 1. The average molecular weight is 366 g/mol. The van der Waals surface area contributed by atoms with E-state index >= 15 is 0 Å². The lowest BCUT2D eigenvalue weighted by molar-refractivity contribution is 0.0593. The molecule has 1 aliphatic heterocycles. The van der Waals surface area contributed by atoms with Crippen LogP contribution in [0.4, 0.5) is 10.5 Å². The second-order valence-electron chi connectivity index (χ2n) is 7.42. The number of urea groups is 1. The molecule has 1 fully saturated rings. The minimum atomic E-state index is -0.585. The van der Waals surface area contributed by atoms with Crippen LogP contribution in [0.3, 0.4) is 0 Å². The van der Waals surface area contributed by atoms with Crippen molar-refractivity contribution in [1.29, 1.82) is 0 Å². The Kier molecular flexibility index (Phi) is 5.01. The van der Waals surface area contributed by atoms with Crippen LogP contribution in [0.25, 0.3) is 0 Å². The molecule has 1 aliphatic carbocycles. The summed E-state index contributed by atoms with van der Waals surface area (Å²) in [7, 11) is 0. The van der Waals surface area contributed by atoms with E-state index in [1.165, 1.54) is 11.1 Å². The standard InChI is InChI=1S/C21H26N4O2/c22-15-6-4-10-25(13-15)19-11-14-5-1-2-9-18(14)20(19)27-17-8-3-7-16(12-17)24-21(23)26/h1-3,5,7-9,12,15,19-20H,4,6,10-11,13,22H2,(H3,23,24,26)/t15-,19-,20-/m1/s1. The molecule has 1 saturated heterocycles. The van der Waals surface area contributed by atoms with Crippen LogP contribution < -0.4 is 21.5 Å². The highest BCUT2D eigenvalue weighted by molar-refractivity contribution is 5.87. The number of carbonyl (C=O) groups is 1. The molecule has 1 heterocycles. The van der Waals surface area contributed by atoms with Gasteiger partial charge in [0, 0.05) is 24.3 Å². The van der Waals surface area contributed by atoms with Crippen molar-refractivity contribution in [3.05, 3.63) is 59.7 Å². The van der Waals surface area contributed by atoms with Crippen LogP contribution >= 0.6 is 0 Å². The average Bonchev–Trinajstić information content (AvgIpc) is 3.00. The van der Waals surface area contributed by atoms with Gasteiger partial charge < -0.3 is 21.5 Å². The molecule has 2 aliphatic rings. The Labute approximate surface area is 159 Å². The molecule has 142 valence electrons. The SMILES string of the molecule is NC(=O)Nc1cccc(O[C@@H]2c3ccccc3C[C@H]2N2CCC[C@@H](N)C2)c1. The number of piperidine rings is 1. The second-order valence-corrected chi connectivity index (χ2v) is 7.42. The third-order valence-corrected chi connectivity index (χ3v) is 5.46. The largest absolute Gasteiger partial charge is 0.484 e. The number of primary amides is 1. The highest BCUT2D eigenvalue weighted by Gasteiger charge is 2.39. The second kappa shape index (κ2) is 7.58. The molecule has 0 saturated carbocycles. The molecule has 6 heteroatoms. The number of benzene rings is 2. The van der Waals surface area contributed by atoms with E-state index in [0.717, 1.165) is 32.4 Å². The lowest BCUT2D eigenvalue weighted by atomic mass is 10.0. The van der Waals surface area contributed by atoms with Gasteiger partial charge in [0.15, 0.2) is 0 Å².